The minimum absolute atomic E-state index is 0.538. The van der Waals surface area contributed by atoms with Gasteiger partial charge < -0.3 is 15.6 Å². The van der Waals surface area contributed by atoms with Gasteiger partial charge in [-0.15, -0.1) is 0 Å². The third-order valence-electron chi connectivity index (χ3n) is 1.99. The largest absolute Gasteiger partial charge is 0.480 e. The normalized spacial score (nSPS) is 24.5. The lowest BCUT2D eigenvalue weighted by atomic mass is 10.2. The number of carboxylic acids is 1. The quantitative estimate of drug-likeness (QED) is 0.676. The molecular formula is C8H15NO3S. The van der Waals surface area contributed by atoms with Crippen molar-refractivity contribution in [2.24, 2.45) is 5.73 Å². The minimum atomic E-state index is -0.914. The molecule has 0 amide bonds. The summed E-state index contributed by atoms with van der Waals surface area (Å²) in [5, 5.41) is 9.06. The Balaban J connectivity index is 2.02. The maximum atomic E-state index is 10.4. The highest BCUT2D eigenvalue weighted by molar-refractivity contribution is 7.99. The number of thioether (sulfide) groups is 1. The summed E-state index contributed by atoms with van der Waals surface area (Å²) in [4.78, 5) is 10.4. The van der Waals surface area contributed by atoms with Gasteiger partial charge in [-0.25, -0.2) is 0 Å². The van der Waals surface area contributed by atoms with Crippen molar-refractivity contribution in [3.05, 3.63) is 0 Å². The van der Waals surface area contributed by atoms with Gasteiger partial charge in [-0.05, 0) is 18.6 Å². The third kappa shape index (κ3) is 3.97. The van der Waals surface area contributed by atoms with Crippen LogP contribution in [0.4, 0.5) is 0 Å². The van der Waals surface area contributed by atoms with Crippen LogP contribution in [0.3, 0.4) is 0 Å². The summed E-state index contributed by atoms with van der Waals surface area (Å²) in [6.45, 7) is 1.63. The van der Waals surface area contributed by atoms with E-state index in [0.29, 0.717) is 11.7 Å². The summed E-state index contributed by atoms with van der Waals surface area (Å²) >= 11 is 1.76. The Morgan fingerprint density at radius 3 is 3.08 bits per heavy atom. The van der Waals surface area contributed by atoms with Crippen LogP contribution >= 0.6 is 11.8 Å². The van der Waals surface area contributed by atoms with Crippen molar-refractivity contribution in [1.29, 1.82) is 0 Å². The van der Waals surface area contributed by atoms with Crippen LogP contribution in [-0.2, 0) is 9.53 Å². The zero-order valence-corrected chi connectivity index (χ0v) is 8.26. The number of hydrogen-bond acceptors (Lipinski definition) is 4. The molecule has 3 N–H and O–H groups in total. The van der Waals surface area contributed by atoms with Gasteiger partial charge in [0.05, 0.1) is 6.61 Å². The molecule has 1 saturated heterocycles. The fourth-order valence-electron chi connectivity index (χ4n) is 1.13. The van der Waals surface area contributed by atoms with Crippen LogP contribution in [0.2, 0.25) is 0 Å². The van der Waals surface area contributed by atoms with E-state index < -0.39 is 12.0 Å². The van der Waals surface area contributed by atoms with E-state index in [-0.39, 0.29) is 0 Å². The SMILES string of the molecule is NC(CCSC1CCOC1)C(=O)O. The van der Waals surface area contributed by atoms with E-state index in [4.69, 9.17) is 15.6 Å². The van der Waals surface area contributed by atoms with Crippen molar-refractivity contribution in [1.82, 2.24) is 0 Å². The fourth-order valence-corrected chi connectivity index (χ4v) is 2.31. The molecule has 2 atom stereocenters. The second-order valence-corrected chi connectivity index (χ2v) is 4.50. The van der Waals surface area contributed by atoms with E-state index in [1.54, 1.807) is 11.8 Å². The van der Waals surface area contributed by atoms with Crippen molar-refractivity contribution in [3.8, 4) is 0 Å². The van der Waals surface area contributed by atoms with E-state index in [1.165, 1.54) is 0 Å². The molecule has 0 aromatic carbocycles. The molecule has 0 aromatic heterocycles. The number of aliphatic carboxylic acids is 1. The second kappa shape index (κ2) is 5.47. The number of carbonyl (C=O) groups is 1. The number of hydrogen-bond donors (Lipinski definition) is 2. The maximum Gasteiger partial charge on any atom is 0.320 e. The maximum absolute atomic E-state index is 10.4. The zero-order chi connectivity index (χ0) is 9.68. The first kappa shape index (κ1) is 10.8. The monoisotopic (exact) mass is 205 g/mol. The van der Waals surface area contributed by atoms with E-state index in [0.717, 1.165) is 25.4 Å². The fraction of sp³-hybridized carbons (Fsp3) is 0.875. The molecule has 2 unspecified atom stereocenters. The van der Waals surface area contributed by atoms with Crippen LogP contribution in [-0.4, -0.2) is 41.3 Å². The van der Waals surface area contributed by atoms with Crippen LogP contribution in [0.25, 0.3) is 0 Å². The van der Waals surface area contributed by atoms with Crippen molar-refractivity contribution in [2.75, 3.05) is 19.0 Å². The van der Waals surface area contributed by atoms with Gasteiger partial charge in [0.15, 0.2) is 0 Å². The number of rotatable bonds is 5. The molecule has 1 fully saturated rings. The van der Waals surface area contributed by atoms with Gasteiger partial charge in [0.1, 0.15) is 6.04 Å². The molecule has 1 aliphatic rings. The first-order valence-corrected chi connectivity index (χ1v) is 5.42. The first-order chi connectivity index (χ1) is 6.20. The average molecular weight is 205 g/mol. The summed E-state index contributed by atoms with van der Waals surface area (Å²) < 4.78 is 5.19. The number of carboxylic acid groups (broad SMARTS) is 1. The van der Waals surface area contributed by atoms with E-state index in [2.05, 4.69) is 0 Å². The van der Waals surface area contributed by atoms with Gasteiger partial charge in [-0.1, -0.05) is 0 Å². The van der Waals surface area contributed by atoms with Crippen molar-refractivity contribution >= 4 is 17.7 Å². The molecule has 0 spiro atoms. The Hall–Kier alpha value is -0.260. The van der Waals surface area contributed by atoms with Crippen molar-refractivity contribution in [3.63, 3.8) is 0 Å². The summed E-state index contributed by atoms with van der Waals surface area (Å²) in [6, 6.07) is -0.713. The molecule has 0 aromatic rings. The molecule has 4 nitrogen and oxygen atoms in total. The van der Waals surface area contributed by atoms with Gasteiger partial charge in [0.25, 0.3) is 0 Å². The van der Waals surface area contributed by atoms with Gasteiger partial charge in [-0.2, -0.15) is 11.8 Å². The predicted molar refractivity (Wildman–Crippen MR) is 51.9 cm³/mol. The smallest absolute Gasteiger partial charge is 0.320 e. The highest BCUT2D eigenvalue weighted by atomic mass is 32.2. The molecule has 13 heavy (non-hydrogen) atoms. The Morgan fingerprint density at radius 2 is 2.54 bits per heavy atom. The first-order valence-electron chi connectivity index (χ1n) is 4.38. The summed E-state index contributed by atoms with van der Waals surface area (Å²) in [6.07, 6.45) is 1.61. The molecule has 1 aliphatic heterocycles. The van der Waals surface area contributed by atoms with E-state index in [9.17, 15) is 4.79 Å². The number of nitrogens with two attached hydrogens (primary N) is 1. The molecule has 1 rings (SSSR count). The minimum Gasteiger partial charge on any atom is -0.480 e. The van der Waals surface area contributed by atoms with Crippen molar-refractivity contribution in [2.45, 2.75) is 24.1 Å². The van der Waals surface area contributed by atoms with E-state index in [1.807, 2.05) is 0 Å². The topological polar surface area (TPSA) is 72.5 Å². The van der Waals surface area contributed by atoms with Gasteiger partial charge in [0.2, 0.25) is 0 Å². The highest BCUT2D eigenvalue weighted by Gasteiger charge is 2.17. The Labute approximate surface area is 81.8 Å². The zero-order valence-electron chi connectivity index (χ0n) is 7.44. The Bertz CT molecular complexity index is 171. The average Bonchev–Trinajstić information content (AvgIpc) is 2.56. The molecule has 0 aliphatic carbocycles. The van der Waals surface area contributed by atoms with Crippen LogP contribution < -0.4 is 5.73 Å². The van der Waals surface area contributed by atoms with Crippen molar-refractivity contribution < 1.29 is 14.6 Å². The molecule has 0 saturated carbocycles. The third-order valence-corrected chi connectivity index (χ3v) is 3.30. The van der Waals surface area contributed by atoms with E-state index >= 15 is 0 Å². The summed E-state index contributed by atoms with van der Waals surface area (Å²) in [7, 11) is 0. The van der Waals surface area contributed by atoms with Gasteiger partial charge in [0, 0.05) is 11.9 Å². The lowest BCUT2D eigenvalue weighted by molar-refractivity contribution is -0.138. The molecule has 1 heterocycles. The molecular weight excluding hydrogens is 190 g/mol. The lowest BCUT2D eigenvalue weighted by Gasteiger charge is -2.08. The molecule has 0 radical (unpaired) electrons. The standard InChI is InChI=1S/C8H15NO3S/c9-7(8(10)11)2-4-13-6-1-3-12-5-6/h6-7H,1-5,9H2,(H,10,11). The van der Waals surface area contributed by atoms with Gasteiger partial charge in [-0.3, -0.25) is 4.79 Å². The highest BCUT2D eigenvalue weighted by Crippen LogP contribution is 2.21. The van der Waals surface area contributed by atoms with Crippen LogP contribution in [0.15, 0.2) is 0 Å². The summed E-state index contributed by atoms with van der Waals surface area (Å²) in [5.74, 6) is -0.107. The Kier molecular flexibility index (Phi) is 4.55. The lowest BCUT2D eigenvalue weighted by Crippen LogP contribution is -2.30. The van der Waals surface area contributed by atoms with Gasteiger partial charge >= 0.3 is 5.97 Å². The van der Waals surface area contributed by atoms with Crippen LogP contribution in [0, 0.1) is 0 Å². The molecule has 0 bridgehead atoms. The molecule has 5 heteroatoms. The number of ether oxygens (including phenoxy) is 1. The van der Waals surface area contributed by atoms with Crippen LogP contribution in [0.1, 0.15) is 12.8 Å². The van der Waals surface area contributed by atoms with Crippen LogP contribution in [0.5, 0.6) is 0 Å². The predicted octanol–water partition coefficient (Wildman–Crippen LogP) is 0.310. The Morgan fingerprint density at radius 1 is 1.77 bits per heavy atom. The second-order valence-electron chi connectivity index (χ2n) is 3.09. The molecule has 76 valence electrons. The summed E-state index contributed by atoms with van der Waals surface area (Å²) in [5.41, 5.74) is 5.36.